The number of rotatable bonds is 31. The summed E-state index contributed by atoms with van der Waals surface area (Å²) < 4.78 is 26.8. The van der Waals surface area contributed by atoms with Crippen LogP contribution in [0, 0.1) is 0 Å². The van der Waals surface area contributed by atoms with Gasteiger partial charge in [0.25, 0.3) is 0 Å². The van der Waals surface area contributed by atoms with Crippen molar-refractivity contribution in [2.75, 3.05) is 19.8 Å². The summed E-state index contributed by atoms with van der Waals surface area (Å²) in [6.45, 7) is 4.60. The molecular formula is C31H63O7P. The summed E-state index contributed by atoms with van der Waals surface area (Å²) >= 11 is 0. The zero-order valence-electron chi connectivity index (χ0n) is 25.6. The molecule has 234 valence electrons. The van der Waals surface area contributed by atoms with Crippen LogP contribution in [-0.2, 0) is 23.4 Å². The second-order valence-corrected chi connectivity index (χ2v) is 12.4. The fourth-order valence-electron chi connectivity index (χ4n) is 4.71. The van der Waals surface area contributed by atoms with Gasteiger partial charge in [-0.15, -0.1) is 0 Å². The van der Waals surface area contributed by atoms with Crippen molar-refractivity contribution < 1.29 is 33.1 Å². The van der Waals surface area contributed by atoms with E-state index in [1.54, 1.807) is 0 Å². The molecule has 0 amide bonds. The van der Waals surface area contributed by atoms with Gasteiger partial charge in [-0.05, 0) is 12.8 Å². The maximum absolute atomic E-state index is 12.1. The van der Waals surface area contributed by atoms with Crippen LogP contribution in [0.2, 0.25) is 0 Å². The lowest BCUT2D eigenvalue weighted by Crippen LogP contribution is -2.27. The van der Waals surface area contributed by atoms with Gasteiger partial charge in [0.1, 0.15) is 12.7 Å². The lowest BCUT2D eigenvalue weighted by molar-refractivity contribution is -0.149. The van der Waals surface area contributed by atoms with E-state index in [-0.39, 0.29) is 19.2 Å². The van der Waals surface area contributed by atoms with Crippen LogP contribution in [0.1, 0.15) is 168 Å². The Morgan fingerprint density at radius 2 is 0.974 bits per heavy atom. The maximum atomic E-state index is 12.1. The van der Waals surface area contributed by atoms with Gasteiger partial charge in [-0.2, -0.15) is 0 Å². The van der Waals surface area contributed by atoms with Gasteiger partial charge in [0.2, 0.25) is 0 Å². The smallest absolute Gasteiger partial charge is 0.463 e. The van der Waals surface area contributed by atoms with Crippen LogP contribution in [-0.4, -0.2) is 41.7 Å². The van der Waals surface area contributed by atoms with E-state index in [2.05, 4.69) is 18.4 Å². The molecule has 0 rings (SSSR count). The normalized spacial score (nSPS) is 12.6. The second-order valence-electron chi connectivity index (χ2n) is 11.1. The van der Waals surface area contributed by atoms with Crippen LogP contribution >= 0.6 is 7.82 Å². The molecule has 0 unspecified atom stereocenters. The van der Waals surface area contributed by atoms with Crippen LogP contribution < -0.4 is 0 Å². The van der Waals surface area contributed by atoms with E-state index in [1.807, 2.05) is 0 Å². The highest BCUT2D eigenvalue weighted by molar-refractivity contribution is 7.46. The number of esters is 1. The molecule has 0 aliphatic rings. The Balaban J connectivity index is 3.85. The summed E-state index contributed by atoms with van der Waals surface area (Å²) in [6, 6.07) is 0. The van der Waals surface area contributed by atoms with Crippen molar-refractivity contribution in [1.82, 2.24) is 0 Å². The standard InChI is InChI=1S/C31H63O7P/c1-3-5-7-9-11-13-15-17-19-21-23-25-27-36-30(29-38-39(33,34)35)28-37-31(32)26-24-22-20-18-16-14-12-10-8-6-4-2/h30H,3-29H2,1-2H3,(H2,33,34,35)/t30-/m1/s1. The first-order valence-electron chi connectivity index (χ1n) is 16.4. The molecule has 0 fully saturated rings. The van der Waals surface area contributed by atoms with Gasteiger partial charge in [0.15, 0.2) is 0 Å². The lowest BCUT2D eigenvalue weighted by Gasteiger charge is -2.18. The van der Waals surface area contributed by atoms with E-state index in [4.69, 9.17) is 19.3 Å². The van der Waals surface area contributed by atoms with Crippen molar-refractivity contribution in [3.63, 3.8) is 0 Å². The van der Waals surface area contributed by atoms with Crippen molar-refractivity contribution in [3.8, 4) is 0 Å². The predicted molar refractivity (Wildman–Crippen MR) is 161 cm³/mol. The van der Waals surface area contributed by atoms with E-state index < -0.39 is 13.9 Å². The number of phosphoric acid groups is 1. The highest BCUT2D eigenvalue weighted by Crippen LogP contribution is 2.35. The van der Waals surface area contributed by atoms with Gasteiger partial charge in [-0.3, -0.25) is 9.32 Å². The first-order chi connectivity index (χ1) is 18.9. The minimum absolute atomic E-state index is 0.0465. The predicted octanol–water partition coefficient (Wildman–Crippen LogP) is 9.43. The zero-order valence-corrected chi connectivity index (χ0v) is 26.4. The van der Waals surface area contributed by atoms with E-state index >= 15 is 0 Å². The fraction of sp³-hybridized carbons (Fsp3) is 0.968. The lowest BCUT2D eigenvalue weighted by atomic mass is 10.1. The van der Waals surface area contributed by atoms with Gasteiger partial charge in [0.05, 0.1) is 6.61 Å². The summed E-state index contributed by atoms with van der Waals surface area (Å²) in [7, 11) is -4.60. The van der Waals surface area contributed by atoms with Crippen LogP contribution in [0.15, 0.2) is 0 Å². The third-order valence-electron chi connectivity index (χ3n) is 7.19. The highest BCUT2D eigenvalue weighted by atomic mass is 31.2. The van der Waals surface area contributed by atoms with Crippen LogP contribution in [0.25, 0.3) is 0 Å². The van der Waals surface area contributed by atoms with Crippen molar-refractivity contribution in [1.29, 1.82) is 0 Å². The monoisotopic (exact) mass is 578 g/mol. The molecule has 39 heavy (non-hydrogen) atoms. The molecule has 0 aromatic heterocycles. The molecule has 0 bridgehead atoms. The van der Waals surface area contributed by atoms with Gasteiger partial charge in [0, 0.05) is 13.0 Å². The number of hydrogen-bond donors (Lipinski definition) is 2. The van der Waals surface area contributed by atoms with Gasteiger partial charge < -0.3 is 19.3 Å². The molecule has 7 nitrogen and oxygen atoms in total. The minimum atomic E-state index is -4.60. The average molecular weight is 579 g/mol. The molecule has 0 saturated heterocycles. The molecule has 0 radical (unpaired) electrons. The Kier molecular flexibility index (Phi) is 28.7. The Morgan fingerprint density at radius 3 is 1.38 bits per heavy atom. The van der Waals surface area contributed by atoms with E-state index in [0.29, 0.717) is 13.0 Å². The minimum Gasteiger partial charge on any atom is -0.463 e. The van der Waals surface area contributed by atoms with Crippen molar-refractivity contribution in [3.05, 3.63) is 0 Å². The first kappa shape index (κ1) is 38.5. The highest BCUT2D eigenvalue weighted by Gasteiger charge is 2.20. The van der Waals surface area contributed by atoms with Crippen LogP contribution in [0.5, 0.6) is 0 Å². The van der Waals surface area contributed by atoms with Crippen LogP contribution in [0.4, 0.5) is 0 Å². The summed E-state index contributed by atoms with van der Waals surface area (Å²) in [5, 5.41) is 0. The molecule has 0 saturated carbocycles. The molecule has 0 aliphatic carbocycles. The summed E-state index contributed by atoms with van der Waals surface area (Å²) in [4.78, 5) is 30.2. The number of carbonyl (C=O) groups is 1. The van der Waals surface area contributed by atoms with E-state index in [0.717, 1.165) is 38.5 Å². The average Bonchev–Trinajstić information content (AvgIpc) is 2.90. The SMILES string of the molecule is CCCCCCCCCCCCCCO[C@H](COC(=O)CCCCCCCCCCCCC)COP(=O)(O)O. The molecule has 0 spiro atoms. The maximum Gasteiger partial charge on any atom is 0.469 e. The largest absolute Gasteiger partial charge is 0.469 e. The number of ether oxygens (including phenoxy) is 2. The third kappa shape index (κ3) is 31.9. The van der Waals surface area contributed by atoms with Gasteiger partial charge in [-0.25, -0.2) is 4.57 Å². The van der Waals surface area contributed by atoms with E-state index in [9.17, 15) is 9.36 Å². The fourth-order valence-corrected chi connectivity index (χ4v) is 5.07. The summed E-state index contributed by atoms with van der Waals surface area (Å²) in [5.41, 5.74) is 0. The molecule has 8 heteroatoms. The van der Waals surface area contributed by atoms with Crippen molar-refractivity contribution in [2.45, 2.75) is 174 Å². The van der Waals surface area contributed by atoms with Gasteiger partial charge in [-0.1, -0.05) is 149 Å². The third-order valence-corrected chi connectivity index (χ3v) is 7.68. The Bertz CT molecular complexity index is 567. The van der Waals surface area contributed by atoms with E-state index in [1.165, 1.54) is 109 Å². The molecular weight excluding hydrogens is 515 g/mol. The molecule has 0 heterocycles. The zero-order chi connectivity index (χ0) is 28.9. The molecule has 0 aromatic carbocycles. The van der Waals surface area contributed by atoms with Gasteiger partial charge >= 0.3 is 13.8 Å². The second kappa shape index (κ2) is 29.0. The van der Waals surface area contributed by atoms with Crippen LogP contribution in [0.3, 0.4) is 0 Å². The molecule has 0 aromatic rings. The van der Waals surface area contributed by atoms with Crippen molar-refractivity contribution >= 4 is 13.8 Å². The molecule has 1 atom stereocenters. The quantitative estimate of drug-likeness (QED) is 0.0480. The summed E-state index contributed by atoms with van der Waals surface area (Å²) in [6.07, 6.45) is 28.1. The topological polar surface area (TPSA) is 102 Å². The number of carbonyl (C=O) groups excluding carboxylic acids is 1. The molecule has 2 N–H and O–H groups in total. The van der Waals surface area contributed by atoms with Crippen molar-refractivity contribution in [2.24, 2.45) is 0 Å². The number of hydrogen-bond acceptors (Lipinski definition) is 5. The first-order valence-corrected chi connectivity index (χ1v) is 17.9. The molecule has 0 aliphatic heterocycles. The number of unbranched alkanes of at least 4 members (excludes halogenated alkanes) is 21. The Labute approximate surface area is 240 Å². The number of phosphoric ester groups is 1. The Morgan fingerprint density at radius 1 is 0.590 bits per heavy atom. The summed E-state index contributed by atoms with van der Waals surface area (Å²) in [5.74, 6) is -0.291. The Hall–Kier alpha value is -0.460.